The molecule has 31 heavy (non-hydrogen) atoms. The quantitative estimate of drug-likeness (QED) is 0.283. The number of aromatic hydroxyl groups is 1. The van der Waals surface area contributed by atoms with Crippen molar-refractivity contribution < 1.29 is 9.90 Å². The average Bonchev–Trinajstić information content (AvgIpc) is 3.29. The Labute approximate surface area is 184 Å². The van der Waals surface area contributed by atoms with Crippen molar-refractivity contribution in [3.05, 3.63) is 65.2 Å². The zero-order chi connectivity index (χ0) is 21.9. The summed E-state index contributed by atoms with van der Waals surface area (Å²) < 4.78 is 0. The van der Waals surface area contributed by atoms with Gasteiger partial charge in [-0.05, 0) is 68.2 Å². The summed E-state index contributed by atoms with van der Waals surface area (Å²) in [5.41, 5.74) is 3.04. The summed E-state index contributed by atoms with van der Waals surface area (Å²) in [5, 5.41) is 18.6. The van der Waals surface area contributed by atoms with E-state index in [1.807, 2.05) is 6.92 Å². The van der Waals surface area contributed by atoms with Gasteiger partial charge in [0, 0.05) is 31.7 Å². The number of carbonyl (C=O) groups is 1. The summed E-state index contributed by atoms with van der Waals surface area (Å²) in [6, 6.07) is 14.9. The van der Waals surface area contributed by atoms with Crippen LogP contribution < -0.4 is 16.0 Å². The molecular weight excluding hydrogens is 390 g/mol. The van der Waals surface area contributed by atoms with E-state index < -0.39 is 0 Å². The maximum atomic E-state index is 12.1. The summed E-state index contributed by atoms with van der Waals surface area (Å²) in [7, 11) is 0. The highest BCUT2D eigenvalue weighted by atomic mass is 16.3. The van der Waals surface area contributed by atoms with Crippen molar-refractivity contribution in [1.29, 1.82) is 0 Å². The lowest BCUT2D eigenvalue weighted by Crippen LogP contribution is -2.41. The third-order valence-electron chi connectivity index (χ3n) is 5.22. The number of rotatable bonds is 9. The van der Waals surface area contributed by atoms with E-state index in [0.717, 1.165) is 19.0 Å². The zero-order valence-electron chi connectivity index (χ0n) is 18.2. The Bertz CT molecular complexity index is 843. The topological polar surface area (TPSA) is 89.0 Å². The fourth-order valence-corrected chi connectivity index (χ4v) is 3.53. The lowest BCUT2D eigenvalue weighted by molar-refractivity contribution is 0.0954. The third kappa shape index (κ3) is 7.61. The van der Waals surface area contributed by atoms with Crippen LogP contribution in [0.5, 0.6) is 5.75 Å². The van der Waals surface area contributed by atoms with E-state index in [0.29, 0.717) is 25.2 Å². The molecule has 0 aliphatic carbocycles. The SMILES string of the molecule is CCNC(=NCc1ccc(CN2CCCC2)cc1)NCCNC(=O)c1ccc(O)cc1. The monoisotopic (exact) mass is 423 g/mol. The minimum absolute atomic E-state index is 0.144. The predicted octanol–water partition coefficient (Wildman–Crippen LogP) is 2.47. The van der Waals surface area contributed by atoms with Gasteiger partial charge in [-0.3, -0.25) is 9.69 Å². The highest BCUT2D eigenvalue weighted by Crippen LogP contribution is 2.13. The number of phenolic OH excluding ortho intramolecular Hbond substituents is 1. The number of hydrogen-bond acceptors (Lipinski definition) is 4. The second kappa shape index (κ2) is 12.0. The number of amides is 1. The first-order valence-corrected chi connectivity index (χ1v) is 11.0. The molecule has 1 heterocycles. The summed E-state index contributed by atoms with van der Waals surface area (Å²) in [5.74, 6) is 0.700. The molecule has 0 radical (unpaired) electrons. The molecule has 2 aromatic carbocycles. The Morgan fingerprint density at radius 2 is 1.58 bits per heavy atom. The van der Waals surface area contributed by atoms with Crippen molar-refractivity contribution in [2.45, 2.75) is 32.9 Å². The molecule has 1 saturated heterocycles. The Kier molecular flexibility index (Phi) is 8.72. The molecule has 166 valence electrons. The number of carbonyl (C=O) groups excluding carboxylic acids is 1. The summed E-state index contributed by atoms with van der Waals surface area (Å²) >= 11 is 0. The first kappa shape index (κ1) is 22.6. The number of benzene rings is 2. The van der Waals surface area contributed by atoms with Crippen LogP contribution in [0.4, 0.5) is 0 Å². The van der Waals surface area contributed by atoms with Gasteiger partial charge in [0.05, 0.1) is 6.54 Å². The number of guanidine groups is 1. The van der Waals surface area contributed by atoms with E-state index in [4.69, 9.17) is 0 Å². The van der Waals surface area contributed by atoms with Crippen LogP contribution in [0.25, 0.3) is 0 Å². The number of phenols is 1. The van der Waals surface area contributed by atoms with Gasteiger partial charge >= 0.3 is 0 Å². The van der Waals surface area contributed by atoms with Gasteiger partial charge in [-0.15, -0.1) is 0 Å². The molecule has 0 saturated carbocycles. The Morgan fingerprint density at radius 1 is 0.935 bits per heavy atom. The van der Waals surface area contributed by atoms with Crippen molar-refractivity contribution >= 4 is 11.9 Å². The second-order valence-electron chi connectivity index (χ2n) is 7.72. The molecule has 1 aliphatic rings. The van der Waals surface area contributed by atoms with E-state index in [-0.39, 0.29) is 11.7 Å². The summed E-state index contributed by atoms with van der Waals surface area (Å²) in [4.78, 5) is 19.2. The molecule has 3 rings (SSSR count). The Hall–Kier alpha value is -3.06. The highest BCUT2D eigenvalue weighted by molar-refractivity contribution is 5.94. The molecule has 0 atom stereocenters. The number of likely N-dealkylation sites (tertiary alicyclic amines) is 1. The van der Waals surface area contributed by atoms with Crippen LogP contribution in [0.2, 0.25) is 0 Å². The number of hydrogen-bond donors (Lipinski definition) is 4. The van der Waals surface area contributed by atoms with Crippen molar-refractivity contribution in [2.24, 2.45) is 4.99 Å². The normalized spacial score (nSPS) is 14.4. The average molecular weight is 424 g/mol. The van der Waals surface area contributed by atoms with Gasteiger partial charge in [0.25, 0.3) is 5.91 Å². The van der Waals surface area contributed by atoms with Crippen molar-refractivity contribution in [2.75, 3.05) is 32.7 Å². The molecule has 1 aliphatic heterocycles. The molecule has 0 bridgehead atoms. The van der Waals surface area contributed by atoms with Gasteiger partial charge in [0.2, 0.25) is 0 Å². The van der Waals surface area contributed by atoms with Gasteiger partial charge in [-0.25, -0.2) is 4.99 Å². The summed E-state index contributed by atoms with van der Waals surface area (Å²) in [6.45, 7) is 7.86. The minimum Gasteiger partial charge on any atom is -0.508 e. The number of nitrogens with zero attached hydrogens (tertiary/aromatic N) is 2. The van der Waals surface area contributed by atoms with E-state index >= 15 is 0 Å². The first-order valence-electron chi connectivity index (χ1n) is 11.0. The van der Waals surface area contributed by atoms with Crippen LogP contribution in [0.1, 0.15) is 41.3 Å². The molecule has 0 unspecified atom stereocenters. The van der Waals surface area contributed by atoms with Crippen LogP contribution in [0.3, 0.4) is 0 Å². The molecule has 4 N–H and O–H groups in total. The van der Waals surface area contributed by atoms with Gasteiger partial charge in [0.15, 0.2) is 5.96 Å². The standard InChI is InChI=1S/C24H33N5O2/c1-2-25-24(27-14-13-26-23(31)21-9-11-22(30)12-10-21)28-17-19-5-7-20(8-6-19)18-29-15-3-4-16-29/h5-12,30H,2-4,13-18H2,1H3,(H,26,31)(H2,25,27,28). The first-order chi connectivity index (χ1) is 15.1. The summed E-state index contributed by atoms with van der Waals surface area (Å²) in [6.07, 6.45) is 2.63. The highest BCUT2D eigenvalue weighted by Gasteiger charge is 2.11. The van der Waals surface area contributed by atoms with Crippen molar-refractivity contribution in [1.82, 2.24) is 20.9 Å². The lowest BCUT2D eigenvalue weighted by Gasteiger charge is -2.14. The van der Waals surface area contributed by atoms with E-state index in [1.165, 1.54) is 49.2 Å². The van der Waals surface area contributed by atoms with Crippen LogP contribution in [0, 0.1) is 0 Å². The molecule has 1 amide bonds. The molecule has 0 aromatic heterocycles. The largest absolute Gasteiger partial charge is 0.508 e. The minimum atomic E-state index is -0.169. The second-order valence-corrected chi connectivity index (χ2v) is 7.72. The van der Waals surface area contributed by atoms with Crippen LogP contribution in [-0.2, 0) is 13.1 Å². The van der Waals surface area contributed by atoms with Crippen LogP contribution in [0.15, 0.2) is 53.5 Å². The van der Waals surface area contributed by atoms with Gasteiger partial charge in [0.1, 0.15) is 5.75 Å². The van der Waals surface area contributed by atoms with E-state index in [1.54, 1.807) is 12.1 Å². The van der Waals surface area contributed by atoms with Crippen LogP contribution in [-0.4, -0.2) is 54.6 Å². The Balaban J connectivity index is 1.42. The lowest BCUT2D eigenvalue weighted by atomic mass is 10.1. The third-order valence-corrected chi connectivity index (χ3v) is 5.22. The van der Waals surface area contributed by atoms with E-state index in [9.17, 15) is 9.90 Å². The molecule has 0 spiro atoms. The van der Waals surface area contributed by atoms with Gasteiger partial charge in [-0.2, -0.15) is 0 Å². The molecule has 2 aromatic rings. The fraction of sp³-hybridized carbons (Fsp3) is 0.417. The Morgan fingerprint density at radius 3 is 2.26 bits per heavy atom. The predicted molar refractivity (Wildman–Crippen MR) is 124 cm³/mol. The van der Waals surface area contributed by atoms with Crippen molar-refractivity contribution in [3.63, 3.8) is 0 Å². The van der Waals surface area contributed by atoms with Gasteiger partial charge in [-0.1, -0.05) is 24.3 Å². The zero-order valence-corrected chi connectivity index (χ0v) is 18.2. The fourth-order valence-electron chi connectivity index (χ4n) is 3.53. The maximum Gasteiger partial charge on any atom is 0.251 e. The number of nitrogens with one attached hydrogen (secondary N) is 3. The smallest absolute Gasteiger partial charge is 0.251 e. The molecule has 7 heteroatoms. The molecular formula is C24H33N5O2. The van der Waals surface area contributed by atoms with Crippen molar-refractivity contribution in [3.8, 4) is 5.75 Å². The molecule has 7 nitrogen and oxygen atoms in total. The number of aliphatic imine (C=N–C) groups is 1. The molecule has 1 fully saturated rings. The maximum absolute atomic E-state index is 12.1. The van der Waals surface area contributed by atoms with E-state index in [2.05, 4.69) is 50.1 Å². The van der Waals surface area contributed by atoms with Gasteiger partial charge < -0.3 is 21.1 Å². The van der Waals surface area contributed by atoms with Crippen LogP contribution >= 0.6 is 0 Å².